The van der Waals surface area contributed by atoms with Crippen LogP contribution in [-0.4, -0.2) is 58.2 Å². The summed E-state index contributed by atoms with van der Waals surface area (Å²) in [6.07, 6.45) is -1.43. The van der Waals surface area contributed by atoms with Crippen LogP contribution in [0.15, 0.2) is 0 Å². The number of hydrogen-bond donors (Lipinski definition) is 3. The van der Waals surface area contributed by atoms with Crippen LogP contribution in [0.2, 0.25) is 0 Å². The Bertz CT molecular complexity index is 507. The van der Waals surface area contributed by atoms with E-state index in [1.165, 1.54) is 4.90 Å². The maximum absolute atomic E-state index is 12.9. The molecule has 1 aliphatic rings. The summed E-state index contributed by atoms with van der Waals surface area (Å²) in [5.74, 6) is -1.14. The second kappa shape index (κ2) is 6.96. The molecule has 1 saturated heterocycles. The molecule has 3 amide bonds. The third-order valence-corrected chi connectivity index (χ3v) is 3.66. The first-order valence-electron chi connectivity index (χ1n) is 7.99. The van der Waals surface area contributed by atoms with E-state index in [2.05, 4.69) is 5.32 Å². The number of nitrogens with one attached hydrogen (secondary N) is 1. The van der Waals surface area contributed by atoms with Crippen molar-refractivity contribution in [3.05, 3.63) is 0 Å². The molecule has 0 aromatic heterocycles. The highest BCUT2D eigenvalue weighted by molar-refractivity contribution is 5.91. The molecule has 0 radical (unpaired) electrons. The van der Waals surface area contributed by atoms with Crippen molar-refractivity contribution >= 4 is 17.9 Å². The Kier molecular flexibility index (Phi) is 5.86. The third-order valence-electron chi connectivity index (χ3n) is 3.66. The summed E-state index contributed by atoms with van der Waals surface area (Å²) in [5, 5.41) is 12.4. The molecule has 138 valence electrons. The first kappa shape index (κ1) is 20.2. The van der Waals surface area contributed by atoms with Crippen LogP contribution in [0.25, 0.3) is 0 Å². The highest BCUT2D eigenvalue weighted by atomic mass is 16.6. The number of likely N-dealkylation sites (tertiary alicyclic amines) is 1. The molecule has 1 heterocycles. The van der Waals surface area contributed by atoms with E-state index >= 15 is 0 Å². The average Bonchev–Trinajstić information content (AvgIpc) is 2.74. The van der Waals surface area contributed by atoms with Crippen LogP contribution in [0, 0.1) is 5.41 Å². The molecule has 8 nitrogen and oxygen atoms in total. The van der Waals surface area contributed by atoms with Crippen LogP contribution in [0.4, 0.5) is 4.79 Å². The van der Waals surface area contributed by atoms with Gasteiger partial charge in [-0.3, -0.25) is 9.59 Å². The molecule has 0 aromatic carbocycles. The predicted molar refractivity (Wildman–Crippen MR) is 87.9 cm³/mol. The summed E-state index contributed by atoms with van der Waals surface area (Å²) in [6.45, 7) is 10.5. The summed E-state index contributed by atoms with van der Waals surface area (Å²) >= 11 is 0. The van der Waals surface area contributed by atoms with Gasteiger partial charge in [0.15, 0.2) is 0 Å². The Labute approximate surface area is 142 Å². The van der Waals surface area contributed by atoms with E-state index in [0.29, 0.717) is 0 Å². The Hall–Kier alpha value is -1.83. The van der Waals surface area contributed by atoms with Crippen molar-refractivity contribution in [1.82, 2.24) is 10.2 Å². The maximum Gasteiger partial charge on any atom is 0.408 e. The summed E-state index contributed by atoms with van der Waals surface area (Å²) in [7, 11) is 0. The molecule has 0 aromatic rings. The lowest BCUT2D eigenvalue weighted by molar-refractivity contribution is -0.141. The maximum atomic E-state index is 12.9. The van der Waals surface area contributed by atoms with Crippen LogP contribution in [0.3, 0.4) is 0 Å². The summed E-state index contributed by atoms with van der Waals surface area (Å²) in [6, 6.07) is -1.79. The summed E-state index contributed by atoms with van der Waals surface area (Å²) in [5.41, 5.74) is 4.01. The normalized spacial score (nSPS) is 22.9. The molecule has 4 N–H and O–H groups in total. The Morgan fingerprint density at radius 3 is 2.17 bits per heavy atom. The summed E-state index contributed by atoms with van der Waals surface area (Å²) in [4.78, 5) is 37.7. The molecule has 1 rings (SSSR count). The van der Waals surface area contributed by atoms with Crippen LogP contribution in [0.1, 0.15) is 48.0 Å². The number of alkyl carbamates (subject to hydrolysis) is 1. The van der Waals surface area contributed by atoms with Crippen molar-refractivity contribution in [2.24, 2.45) is 11.1 Å². The van der Waals surface area contributed by atoms with Crippen molar-refractivity contribution in [3.8, 4) is 0 Å². The number of amides is 3. The molecule has 3 atom stereocenters. The molecular weight excluding hydrogens is 314 g/mol. The van der Waals surface area contributed by atoms with E-state index in [4.69, 9.17) is 10.5 Å². The third kappa shape index (κ3) is 5.36. The molecule has 8 heteroatoms. The number of carbonyl (C=O) groups is 3. The van der Waals surface area contributed by atoms with Gasteiger partial charge in [0.25, 0.3) is 0 Å². The largest absolute Gasteiger partial charge is 0.444 e. The molecule has 0 spiro atoms. The van der Waals surface area contributed by atoms with Gasteiger partial charge in [-0.2, -0.15) is 0 Å². The fraction of sp³-hybridized carbons (Fsp3) is 0.812. The number of nitrogens with zero attached hydrogens (tertiary/aromatic N) is 1. The van der Waals surface area contributed by atoms with Gasteiger partial charge in [-0.15, -0.1) is 0 Å². The average molecular weight is 343 g/mol. The van der Waals surface area contributed by atoms with Gasteiger partial charge in [0.2, 0.25) is 11.8 Å². The van der Waals surface area contributed by atoms with Crippen molar-refractivity contribution in [2.45, 2.75) is 71.8 Å². The SMILES string of the molecule is CC(C)(C)OC(=O)N[C@H](C(=O)N1C[C@H](O)CC1C(N)=O)C(C)(C)C. The van der Waals surface area contributed by atoms with Crippen LogP contribution in [0.5, 0.6) is 0 Å². The standard InChI is InChI=1S/C16H29N3O5/c1-15(2,3)11(18-14(23)24-16(4,5)6)13(22)19-8-9(20)7-10(19)12(17)21/h9-11,20H,7-8H2,1-6H3,(H2,17,21)(H,18,23)/t9-,10?,11-/m1/s1. The van der Waals surface area contributed by atoms with Crippen molar-refractivity contribution < 1.29 is 24.2 Å². The molecular formula is C16H29N3O5. The Morgan fingerprint density at radius 1 is 1.21 bits per heavy atom. The number of ether oxygens (including phenoxy) is 1. The summed E-state index contributed by atoms with van der Waals surface area (Å²) < 4.78 is 5.21. The van der Waals surface area contributed by atoms with E-state index in [1.54, 1.807) is 41.5 Å². The van der Waals surface area contributed by atoms with Gasteiger partial charge in [-0.05, 0) is 26.2 Å². The van der Waals surface area contributed by atoms with E-state index < -0.39 is 47.1 Å². The van der Waals surface area contributed by atoms with Crippen LogP contribution >= 0.6 is 0 Å². The lowest BCUT2D eigenvalue weighted by Crippen LogP contribution is -2.57. The Balaban J connectivity index is 2.98. The lowest BCUT2D eigenvalue weighted by Gasteiger charge is -2.35. The number of hydrogen-bond acceptors (Lipinski definition) is 5. The Morgan fingerprint density at radius 2 is 1.75 bits per heavy atom. The molecule has 0 aliphatic carbocycles. The molecule has 1 fully saturated rings. The van der Waals surface area contributed by atoms with Gasteiger partial charge in [-0.25, -0.2) is 4.79 Å². The second-order valence-corrected chi connectivity index (χ2v) is 8.24. The van der Waals surface area contributed by atoms with Crippen molar-refractivity contribution in [1.29, 1.82) is 0 Å². The molecule has 1 aliphatic heterocycles. The van der Waals surface area contributed by atoms with Gasteiger partial charge in [0, 0.05) is 13.0 Å². The van der Waals surface area contributed by atoms with E-state index in [-0.39, 0.29) is 13.0 Å². The minimum Gasteiger partial charge on any atom is -0.444 e. The van der Waals surface area contributed by atoms with E-state index in [9.17, 15) is 19.5 Å². The number of rotatable bonds is 3. The van der Waals surface area contributed by atoms with Crippen LogP contribution < -0.4 is 11.1 Å². The highest BCUT2D eigenvalue weighted by Gasteiger charge is 2.44. The highest BCUT2D eigenvalue weighted by Crippen LogP contribution is 2.26. The van der Waals surface area contributed by atoms with E-state index in [1.807, 2.05) is 0 Å². The number of carbonyl (C=O) groups excluding carboxylic acids is 3. The molecule has 0 saturated carbocycles. The first-order valence-corrected chi connectivity index (χ1v) is 7.99. The predicted octanol–water partition coefficient (Wildman–Crippen LogP) is 0.373. The number of β-amino-alcohol motifs (C(OH)–C–C–N with tert-alkyl or cyclic N) is 1. The topological polar surface area (TPSA) is 122 Å². The molecule has 1 unspecified atom stereocenters. The zero-order valence-electron chi connectivity index (χ0n) is 15.3. The number of primary amides is 1. The fourth-order valence-electron chi connectivity index (χ4n) is 2.57. The smallest absolute Gasteiger partial charge is 0.408 e. The number of aliphatic hydroxyl groups excluding tert-OH is 1. The zero-order valence-corrected chi connectivity index (χ0v) is 15.3. The first-order chi connectivity index (χ1) is 10.7. The quantitative estimate of drug-likeness (QED) is 0.683. The van der Waals surface area contributed by atoms with Gasteiger partial charge in [-0.1, -0.05) is 20.8 Å². The van der Waals surface area contributed by atoms with E-state index in [0.717, 1.165) is 0 Å². The van der Waals surface area contributed by atoms with Gasteiger partial charge >= 0.3 is 6.09 Å². The zero-order chi connectivity index (χ0) is 18.9. The van der Waals surface area contributed by atoms with Crippen molar-refractivity contribution in [2.75, 3.05) is 6.54 Å². The fourth-order valence-corrected chi connectivity index (χ4v) is 2.57. The number of aliphatic hydroxyl groups is 1. The number of nitrogens with two attached hydrogens (primary N) is 1. The second-order valence-electron chi connectivity index (χ2n) is 8.24. The lowest BCUT2D eigenvalue weighted by atomic mass is 9.85. The van der Waals surface area contributed by atoms with Crippen LogP contribution in [-0.2, 0) is 14.3 Å². The van der Waals surface area contributed by atoms with Crippen molar-refractivity contribution in [3.63, 3.8) is 0 Å². The van der Waals surface area contributed by atoms with Gasteiger partial charge in [0.05, 0.1) is 6.10 Å². The van der Waals surface area contributed by atoms with Gasteiger partial charge < -0.3 is 25.8 Å². The minimum atomic E-state index is -0.917. The monoisotopic (exact) mass is 343 g/mol. The van der Waals surface area contributed by atoms with Gasteiger partial charge in [0.1, 0.15) is 17.7 Å². The minimum absolute atomic E-state index is 0.00895. The molecule has 0 bridgehead atoms. The molecule has 24 heavy (non-hydrogen) atoms.